The van der Waals surface area contributed by atoms with Crippen LogP contribution in [0.1, 0.15) is 16.7 Å². The van der Waals surface area contributed by atoms with E-state index in [2.05, 4.69) is 16.0 Å². The number of nitrogens with one attached hydrogen (secondary N) is 1. The molecule has 0 spiro atoms. The Bertz CT molecular complexity index is 853. The molecule has 4 heteroatoms. The maximum Gasteiger partial charge on any atom is 0.0994 e. The van der Waals surface area contributed by atoms with Crippen LogP contribution in [0.15, 0.2) is 30.7 Å². The summed E-state index contributed by atoms with van der Waals surface area (Å²) in [6.07, 6.45) is 5.40. The van der Waals surface area contributed by atoms with E-state index >= 15 is 0 Å². The largest absolute Gasteiger partial charge is 0.397 e. The zero-order valence-corrected chi connectivity index (χ0v) is 11.4. The van der Waals surface area contributed by atoms with Gasteiger partial charge in [-0.1, -0.05) is 0 Å². The molecule has 20 heavy (non-hydrogen) atoms. The molecule has 3 N–H and O–H groups in total. The molecule has 2 heterocycles. The maximum absolute atomic E-state index is 9.18. The normalized spacial score (nSPS) is 10.7. The van der Waals surface area contributed by atoms with Crippen LogP contribution in [0.3, 0.4) is 0 Å². The highest BCUT2D eigenvalue weighted by atomic mass is 14.7. The summed E-state index contributed by atoms with van der Waals surface area (Å²) < 4.78 is 0. The van der Waals surface area contributed by atoms with Crippen LogP contribution >= 0.6 is 0 Å². The molecule has 4 nitrogen and oxygen atoms in total. The Morgan fingerprint density at radius 2 is 2.00 bits per heavy atom. The molecular formula is C16H14N4. The van der Waals surface area contributed by atoms with Crippen molar-refractivity contribution in [1.29, 1.82) is 5.26 Å². The third kappa shape index (κ3) is 1.72. The number of hydrogen-bond acceptors (Lipinski definition) is 3. The lowest BCUT2D eigenvalue weighted by molar-refractivity contribution is 1.29. The Hall–Kier alpha value is -2.80. The van der Waals surface area contributed by atoms with Gasteiger partial charge in [0.25, 0.3) is 0 Å². The van der Waals surface area contributed by atoms with Gasteiger partial charge in [0.15, 0.2) is 0 Å². The van der Waals surface area contributed by atoms with E-state index in [-0.39, 0.29) is 0 Å². The first-order valence-corrected chi connectivity index (χ1v) is 6.34. The van der Waals surface area contributed by atoms with Gasteiger partial charge in [0, 0.05) is 34.4 Å². The number of rotatable bonds is 1. The van der Waals surface area contributed by atoms with Crippen molar-refractivity contribution in [2.24, 2.45) is 0 Å². The van der Waals surface area contributed by atoms with Crippen molar-refractivity contribution < 1.29 is 0 Å². The molecule has 0 atom stereocenters. The third-order valence-corrected chi connectivity index (χ3v) is 3.69. The summed E-state index contributed by atoms with van der Waals surface area (Å²) >= 11 is 0. The first kappa shape index (κ1) is 12.2. The second kappa shape index (κ2) is 4.39. The summed E-state index contributed by atoms with van der Waals surface area (Å²) in [4.78, 5) is 7.41. The van der Waals surface area contributed by atoms with Gasteiger partial charge in [-0.25, -0.2) is 0 Å². The molecular weight excluding hydrogens is 248 g/mol. The summed E-state index contributed by atoms with van der Waals surface area (Å²) in [7, 11) is 0. The highest BCUT2D eigenvalue weighted by Gasteiger charge is 2.12. The van der Waals surface area contributed by atoms with Crippen molar-refractivity contribution in [3.8, 4) is 17.2 Å². The van der Waals surface area contributed by atoms with Gasteiger partial charge in [-0.3, -0.25) is 4.98 Å². The quantitative estimate of drug-likeness (QED) is 0.706. The molecule has 2 aromatic heterocycles. The summed E-state index contributed by atoms with van der Waals surface area (Å²) in [5.74, 6) is 0. The highest BCUT2D eigenvalue weighted by Crippen LogP contribution is 2.33. The van der Waals surface area contributed by atoms with E-state index in [1.807, 2.05) is 32.2 Å². The Labute approximate surface area is 116 Å². The van der Waals surface area contributed by atoms with Crippen LogP contribution in [0, 0.1) is 25.2 Å². The SMILES string of the molecule is Cc1cc2[nH]cc(-c3cncc(N)c3C)c2cc1C#N. The number of benzene rings is 1. The van der Waals surface area contributed by atoms with Crippen molar-refractivity contribution in [3.05, 3.63) is 47.4 Å². The second-order valence-electron chi connectivity index (χ2n) is 4.93. The van der Waals surface area contributed by atoms with Gasteiger partial charge < -0.3 is 10.7 Å². The van der Waals surface area contributed by atoms with Gasteiger partial charge in [0.05, 0.1) is 23.5 Å². The standard InChI is InChI=1S/C16H14N4/c1-9-3-16-12(4-11(9)5-17)14(7-20-16)13-6-19-8-15(18)10(13)2/h3-4,6-8,20H,18H2,1-2H3. The Morgan fingerprint density at radius 1 is 1.20 bits per heavy atom. The van der Waals surface area contributed by atoms with Crippen molar-refractivity contribution in [2.75, 3.05) is 5.73 Å². The Morgan fingerprint density at radius 3 is 2.75 bits per heavy atom. The molecule has 0 bridgehead atoms. The van der Waals surface area contributed by atoms with Crippen LogP contribution in [0.5, 0.6) is 0 Å². The van der Waals surface area contributed by atoms with Crippen LogP contribution in [0.4, 0.5) is 5.69 Å². The summed E-state index contributed by atoms with van der Waals surface area (Å²) in [5, 5.41) is 10.2. The number of pyridine rings is 1. The fraction of sp³-hybridized carbons (Fsp3) is 0.125. The summed E-state index contributed by atoms with van der Waals surface area (Å²) in [6.45, 7) is 3.91. The van der Waals surface area contributed by atoms with Gasteiger partial charge in [-0.15, -0.1) is 0 Å². The fourth-order valence-electron chi connectivity index (χ4n) is 2.43. The average molecular weight is 262 g/mol. The summed E-state index contributed by atoms with van der Waals surface area (Å²) in [5.41, 5.74) is 12.3. The molecule has 0 fully saturated rings. The number of nitrogens with two attached hydrogens (primary N) is 1. The van der Waals surface area contributed by atoms with Gasteiger partial charge >= 0.3 is 0 Å². The highest BCUT2D eigenvalue weighted by molar-refractivity contribution is 5.97. The number of nitrogen functional groups attached to an aromatic ring is 1. The molecule has 98 valence electrons. The molecule has 0 aliphatic rings. The van der Waals surface area contributed by atoms with Crippen LogP contribution in [0.2, 0.25) is 0 Å². The number of aromatic nitrogens is 2. The van der Waals surface area contributed by atoms with E-state index in [9.17, 15) is 5.26 Å². The minimum atomic E-state index is 0.671. The molecule has 0 unspecified atom stereocenters. The molecule has 3 aromatic rings. The number of anilines is 1. The molecule has 0 amide bonds. The number of aryl methyl sites for hydroxylation is 1. The first-order valence-electron chi connectivity index (χ1n) is 6.34. The molecule has 3 rings (SSSR count). The fourth-order valence-corrected chi connectivity index (χ4v) is 2.43. The Kier molecular flexibility index (Phi) is 2.69. The predicted molar refractivity (Wildman–Crippen MR) is 80.1 cm³/mol. The molecule has 0 radical (unpaired) electrons. The zero-order valence-electron chi connectivity index (χ0n) is 11.4. The van der Waals surface area contributed by atoms with E-state index in [4.69, 9.17) is 5.73 Å². The molecule has 1 aromatic carbocycles. The van der Waals surface area contributed by atoms with E-state index in [0.717, 1.165) is 33.2 Å². The summed E-state index contributed by atoms with van der Waals surface area (Å²) in [6, 6.07) is 6.14. The number of fused-ring (bicyclic) bond motifs is 1. The lowest BCUT2D eigenvalue weighted by Crippen LogP contribution is -1.93. The van der Waals surface area contributed by atoms with E-state index in [0.29, 0.717) is 11.3 Å². The van der Waals surface area contributed by atoms with Crippen LogP contribution < -0.4 is 5.73 Å². The number of aromatic amines is 1. The molecule has 0 aliphatic heterocycles. The van der Waals surface area contributed by atoms with Crippen molar-refractivity contribution in [1.82, 2.24) is 9.97 Å². The maximum atomic E-state index is 9.18. The molecule has 0 saturated heterocycles. The number of nitriles is 1. The van der Waals surface area contributed by atoms with Gasteiger partial charge in [0.1, 0.15) is 0 Å². The van der Waals surface area contributed by atoms with Gasteiger partial charge in [-0.2, -0.15) is 5.26 Å². The smallest absolute Gasteiger partial charge is 0.0994 e. The van der Waals surface area contributed by atoms with Gasteiger partial charge in [0.2, 0.25) is 0 Å². The molecule has 0 saturated carbocycles. The number of hydrogen-bond donors (Lipinski definition) is 2. The Balaban J connectivity index is 2.33. The van der Waals surface area contributed by atoms with Crippen molar-refractivity contribution in [3.63, 3.8) is 0 Å². The second-order valence-corrected chi connectivity index (χ2v) is 4.93. The van der Waals surface area contributed by atoms with Crippen LogP contribution in [0.25, 0.3) is 22.0 Å². The lowest BCUT2D eigenvalue weighted by atomic mass is 9.99. The minimum Gasteiger partial charge on any atom is -0.397 e. The van der Waals surface area contributed by atoms with Gasteiger partial charge in [-0.05, 0) is 37.1 Å². The minimum absolute atomic E-state index is 0.671. The third-order valence-electron chi connectivity index (χ3n) is 3.69. The topological polar surface area (TPSA) is 78.5 Å². The van der Waals surface area contributed by atoms with Crippen LogP contribution in [-0.4, -0.2) is 9.97 Å². The predicted octanol–water partition coefficient (Wildman–Crippen LogP) is 3.30. The zero-order chi connectivity index (χ0) is 14.3. The molecule has 0 aliphatic carbocycles. The number of H-pyrrole nitrogens is 1. The van der Waals surface area contributed by atoms with E-state index in [1.54, 1.807) is 12.4 Å². The van der Waals surface area contributed by atoms with Crippen LogP contribution in [-0.2, 0) is 0 Å². The monoisotopic (exact) mass is 262 g/mol. The number of nitrogens with zero attached hydrogens (tertiary/aromatic N) is 2. The first-order chi connectivity index (χ1) is 9.61. The van der Waals surface area contributed by atoms with E-state index in [1.165, 1.54) is 0 Å². The lowest BCUT2D eigenvalue weighted by Gasteiger charge is -2.07. The van der Waals surface area contributed by atoms with Crippen molar-refractivity contribution >= 4 is 16.6 Å². The van der Waals surface area contributed by atoms with Crippen molar-refractivity contribution in [2.45, 2.75) is 13.8 Å². The van der Waals surface area contributed by atoms with E-state index < -0.39 is 0 Å². The average Bonchev–Trinajstić information content (AvgIpc) is 2.83.